The molecule has 0 aromatic heterocycles. The van der Waals surface area contributed by atoms with E-state index in [1.165, 1.54) is 0 Å². The summed E-state index contributed by atoms with van der Waals surface area (Å²) in [7, 11) is 0. The van der Waals surface area contributed by atoms with Crippen LogP contribution in [0.5, 0.6) is 5.75 Å². The number of rotatable bonds is 6. The van der Waals surface area contributed by atoms with Crippen molar-refractivity contribution in [3.63, 3.8) is 0 Å². The monoisotopic (exact) mass is 258 g/mol. The third-order valence-electron chi connectivity index (χ3n) is 2.84. The van der Waals surface area contributed by atoms with Gasteiger partial charge in [-0.15, -0.1) is 0 Å². The predicted octanol–water partition coefficient (Wildman–Crippen LogP) is 3.73. The van der Waals surface area contributed by atoms with Crippen LogP contribution in [-0.2, 0) is 5.60 Å². The molecule has 0 fully saturated rings. The van der Waals surface area contributed by atoms with Crippen molar-refractivity contribution < 1.29 is 18.6 Å². The maximum absolute atomic E-state index is 12.5. The van der Waals surface area contributed by atoms with Gasteiger partial charge in [0.2, 0.25) is 6.43 Å². The zero-order chi connectivity index (χ0) is 13.8. The summed E-state index contributed by atoms with van der Waals surface area (Å²) in [5.41, 5.74) is -0.966. The Morgan fingerprint density at radius 1 is 1.22 bits per heavy atom. The van der Waals surface area contributed by atoms with Crippen molar-refractivity contribution in [2.75, 3.05) is 0 Å². The highest BCUT2D eigenvalue weighted by atomic mass is 19.3. The van der Waals surface area contributed by atoms with Gasteiger partial charge in [-0.1, -0.05) is 19.1 Å². The molecule has 1 unspecified atom stereocenters. The molecule has 0 amide bonds. The van der Waals surface area contributed by atoms with Crippen LogP contribution in [0.15, 0.2) is 24.3 Å². The molecule has 0 aliphatic heterocycles. The van der Waals surface area contributed by atoms with Crippen molar-refractivity contribution >= 4 is 0 Å². The largest absolute Gasteiger partial charge is 0.491 e. The Bertz CT molecular complexity index is 363. The molecule has 0 aliphatic carbocycles. The highest BCUT2D eigenvalue weighted by Gasteiger charge is 2.30. The van der Waals surface area contributed by atoms with Crippen molar-refractivity contribution in [2.45, 2.75) is 51.7 Å². The second-order valence-electron chi connectivity index (χ2n) is 4.67. The standard InChI is InChI=1S/C14H20F2O2/c1-4-14(17,9-13(15)16)11-5-7-12(8-6-11)18-10(2)3/h5-8,10,13,17H,4,9H2,1-3H3. The SMILES string of the molecule is CCC(O)(CC(F)F)c1ccc(OC(C)C)cc1. The molecule has 18 heavy (non-hydrogen) atoms. The van der Waals surface area contributed by atoms with E-state index in [0.29, 0.717) is 11.3 Å². The van der Waals surface area contributed by atoms with Crippen LogP contribution in [0.25, 0.3) is 0 Å². The first-order valence-corrected chi connectivity index (χ1v) is 6.15. The van der Waals surface area contributed by atoms with Crippen LogP contribution >= 0.6 is 0 Å². The van der Waals surface area contributed by atoms with Crippen LogP contribution in [0.1, 0.15) is 39.2 Å². The van der Waals surface area contributed by atoms with Gasteiger partial charge in [-0.25, -0.2) is 8.78 Å². The van der Waals surface area contributed by atoms with Gasteiger partial charge in [0.15, 0.2) is 0 Å². The summed E-state index contributed by atoms with van der Waals surface area (Å²) in [5.74, 6) is 0.671. The molecule has 1 rings (SSSR count). The van der Waals surface area contributed by atoms with E-state index in [1.807, 2.05) is 13.8 Å². The molecule has 102 valence electrons. The van der Waals surface area contributed by atoms with E-state index in [4.69, 9.17) is 4.74 Å². The summed E-state index contributed by atoms with van der Waals surface area (Å²) >= 11 is 0. The fourth-order valence-electron chi connectivity index (χ4n) is 1.84. The highest BCUT2D eigenvalue weighted by molar-refractivity contribution is 5.31. The summed E-state index contributed by atoms with van der Waals surface area (Å²) in [4.78, 5) is 0. The van der Waals surface area contributed by atoms with Gasteiger partial charge in [-0.05, 0) is 38.0 Å². The first kappa shape index (κ1) is 14.9. The van der Waals surface area contributed by atoms with Gasteiger partial charge in [0.05, 0.1) is 11.7 Å². The van der Waals surface area contributed by atoms with Gasteiger partial charge >= 0.3 is 0 Å². The Labute approximate surface area is 107 Å². The van der Waals surface area contributed by atoms with E-state index in [2.05, 4.69) is 0 Å². The number of benzene rings is 1. The lowest BCUT2D eigenvalue weighted by molar-refractivity contribution is -0.0295. The van der Waals surface area contributed by atoms with Crippen LogP contribution in [0.3, 0.4) is 0 Å². The number of hydrogen-bond donors (Lipinski definition) is 1. The molecular formula is C14H20F2O2. The molecule has 0 heterocycles. The average molecular weight is 258 g/mol. The molecule has 0 spiro atoms. The maximum Gasteiger partial charge on any atom is 0.241 e. The van der Waals surface area contributed by atoms with Crippen molar-refractivity contribution in [2.24, 2.45) is 0 Å². The van der Waals surface area contributed by atoms with E-state index >= 15 is 0 Å². The Hall–Kier alpha value is -1.16. The zero-order valence-electron chi connectivity index (χ0n) is 11.0. The van der Waals surface area contributed by atoms with E-state index < -0.39 is 18.4 Å². The topological polar surface area (TPSA) is 29.5 Å². The predicted molar refractivity (Wildman–Crippen MR) is 67.0 cm³/mol. The highest BCUT2D eigenvalue weighted by Crippen LogP contribution is 2.32. The average Bonchev–Trinajstić information content (AvgIpc) is 2.28. The fourth-order valence-corrected chi connectivity index (χ4v) is 1.84. The number of aliphatic hydroxyl groups is 1. The van der Waals surface area contributed by atoms with Gasteiger partial charge in [0.1, 0.15) is 5.75 Å². The third kappa shape index (κ3) is 3.95. The van der Waals surface area contributed by atoms with Gasteiger partial charge in [-0.2, -0.15) is 0 Å². The smallest absolute Gasteiger partial charge is 0.241 e. The molecule has 0 radical (unpaired) electrons. The lowest BCUT2D eigenvalue weighted by atomic mass is 9.88. The van der Waals surface area contributed by atoms with Crippen LogP contribution in [0.4, 0.5) is 8.78 Å². The Morgan fingerprint density at radius 3 is 2.17 bits per heavy atom. The molecule has 4 heteroatoms. The summed E-state index contributed by atoms with van der Waals surface area (Å²) in [5, 5.41) is 10.2. The maximum atomic E-state index is 12.5. The lowest BCUT2D eigenvalue weighted by Gasteiger charge is -2.27. The number of ether oxygens (including phenoxy) is 1. The van der Waals surface area contributed by atoms with Gasteiger partial charge in [0.25, 0.3) is 0 Å². The van der Waals surface area contributed by atoms with E-state index in [0.717, 1.165) is 0 Å². The fraction of sp³-hybridized carbons (Fsp3) is 0.571. The minimum atomic E-state index is -2.53. The number of hydrogen-bond acceptors (Lipinski definition) is 2. The minimum Gasteiger partial charge on any atom is -0.491 e. The molecule has 1 atom stereocenters. The molecule has 1 N–H and O–H groups in total. The third-order valence-corrected chi connectivity index (χ3v) is 2.84. The molecule has 1 aromatic carbocycles. The first-order valence-electron chi connectivity index (χ1n) is 6.15. The van der Waals surface area contributed by atoms with Gasteiger partial charge in [0, 0.05) is 6.42 Å². The van der Waals surface area contributed by atoms with E-state index in [1.54, 1.807) is 31.2 Å². The minimum absolute atomic E-state index is 0.0574. The van der Waals surface area contributed by atoms with E-state index in [9.17, 15) is 13.9 Å². The molecule has 0 saturated heterocycles. The molecule has 1 aromatic rings. The summed E-state index contributed by atoms with van der Waals surface area (Å²) < 4.78 is 30.4. The Kier molecular flexibility index (Phi) is 5.08. The van der Waals surface area contributed by atoms with Crippen molar-refractivity contribution in [3.8, 4) is 5.75 Å². The van der Waals surface area contributed by atoms with Crippen molar-refractivity contribution in [1.29, 1.82) is 0 Å². The quantitative estimate of drug-likeness (QED) is 0.842. The van der Waals surface area contributed by atoms with Crippen LogP contribution in [0.2, 0.25) is 0 Å². The number of alkyl halides is 2. The van der Waals surface area contributed by atoms with Gasteiger partial charge in [-0.3, -0.25) is 0 Å². The molecule has 0 bridgehead atoms. The van der Waals surface area contributed by atoms with E-state index in [-0.39, 0.29) is 12.5 Å². The molecule has 2 nitrogen and oxygen atoms in total. The van der Waals surface area contributed by atoms with Crippen LogP contribution < -0.4 is 4.74 Å². The summed E-state index contributed by atoms with van der Waals surface area (Å²) in [6, 6.07) is 6.68. The first-order chi connectivity index (χ1) is 8.37. The second kappa shape index (κ2) is 6.14. The molecular weight excluding hydrogens is 238 g/mol. The van der Waals surface area contributed by atoms with Gasteiger partial charge < -0.3 is 9.84 Å². The van der Waals surface area contributed by atoms with Crippen molar-refractivity contribution in [3.05, 3.63) is 29.8 Å². The summed E-state index contributed by atoms with van der Waals surface area (Å²) in [6.45, 7) is 5.51. The normalized spacial score (nSPS) is 14.9. The second-order valence-corrected chi connectivity index (χ2v) is 4.67. The zero-order valence-corrected chi connectivity index (χ0v) is 11.0. The van der Waals surface area contributed by atoms with Crippen LogP contribution in [0, 0.1) is 0 Å². The Morgan fingerprint density at radius 2 is 1.78 bits per heavy atom. The number of halogens is 2. The van der Waals surface area contributed by atoms with Crippen LogP contribution in [-0.4, -0.2) is 17.6 Å². The molecule has 0 aliphatic rings. The Balaban J connectivity index is 2.87. The summed E-state index contributed by atoms with van der Waals surface area (Å²) in [6.07, 6.45) is -2.76. The lowest BCUT2D eigenvalue weighted by Crippen LogP contribution is -2.27. The molecule has 0 saturated carbocycles. The van der Waals surface area contributed by atoms with Crippen molar-refractivity contribution in [1.82, 2.24) is 0 Å².